The zero-order valence-corrected chi connectivity index (χ0v) is 15.0. The predicted octanol–water partition coefficient (Wildman–Crippen LogP) is 6.74. The molecule has 0 saturated carbocycles. The molecule has 0 unspecified atom stereocenters. The molecule has 0 saturated heterocycles. The molecule has 25 heavy (non-hydrogen) atoms. The normalized spacial score (nSPS) is 11.8. The van der Waals surface area contributed by atoms with Crippen molar-refractivity contribution in [3.8, 4) is 6.07 Å². The molecule has 4 aromatic rings. The number of fused-ring (bicyclic) bond motifs is 2. The third-order valence-corrected chi connectivity index (χ3v) is 5.52. The van der Waals surface area contributed by atoms with Crippen LogP contribution in [0, 0.1) is 25.2 Å². The SMILES string of the molecule is Cc1cc(/C(C#N)=C/c2c3ccccc3cc3ccccc23)c(C)s1. The molecule has 0 atom stereocenters. The van der Waals surface area contributed by atoms with Gasteiger partial charge in [-0.3, -0.25) is 0 Å². The molecule has 0 spiro atoms. The molecule has 0 amide bonds. The molecule has 1 aromatic heterocycles. The number of hydrogen-bond donors (Lipinski definition) is 0. The fourth-order valence-electron chi connectivity index (χ4n) is 3.42. The fraction of sp³-hybridized carbons (Fsp3) is 0.0870. The number of benzene rings is 3. The molecule has 0 N–H and O–H groups in total. The van der Waals surface area contributed by atoms with Gasteiger partial charge in [-0.2, -0.15) is 5.26 Å². The van der Waals surface area contributed by atoms with E-state index in [1.54, 1.807) is 11.3 Å². The van der Waals surface area contributed by atoms with E-state index in [1.165, 1.54) is 31.3 Å². The highest BCUT2D eigenvalue weighted by Crippen LogP contribution is 2.33. The summed E-state index contributed by atoms with van der Waals surface area (Å²) in [6.45, 7) is 4.17. The lowest BCUT2D eigenvalue weighted by molar-refractivity contribution is 1.51. The highest BCUT2D eigenvalue weighted by Gasteiger charge is 2.11. The van der Waals surface area contributed by atoms with Crippen LogP contribution in [-0.4, -0.2) is 0 Å². The summed E-state index contributed by atoms with van der Waals surface area (Å²) in [6, 6.07) is 23.5. The second kappa shape index (κ2) is 6.20. The van der Waals surface area contributed by atoms with E-state index in [1.807, 2.05) is 0 Å². The molecule has 120 valence electrons. The number of allylic oxidation sites excluding steroid dienone is 1. The first-order chi connectivity index (χ1) is 12.2. The van der Waals surface area contributed by atoms with E-state index in [9.17, 15) is 5.26 Å². The van der Waals surface area contributed by atoms with Crippen LogP contribution in [0.25, 0.3) is 33.2 Å². The molecule has 0 aliphatic heterocycles. The van der Waals surface area contributed by atoms with Crippen LogP contribution in [0.3, 0.4) is 0 Å². The molecule has 1 heterocycles. The second-order valence-electron chi connectivity index (χ2n) is 6.23. The summed E-state index contributed by atoms with van der Waals surface area (Å²) in [5.74, 6) is 0. The minimum atomic E-state index is 0.725. The van der Waals surface area contributed by atoms with Crippen LogP contribution in [0.4, 0.5) is 0 Å². The third kappa shape index (κ3) is 2.73. The Labute approximate surface area is 151 Å². The summed E-state index contributed by atoms with van der Waals surface area (Å²) >= 11 is 1.74. The smallest absolute Gasteiger partial charge is 0.0998 e. The molecule has 2 heteroatoms. The van der Waals surface area contributed by atoms with Crippen LogP contribution in [0.5, 0.6) is 0 Å². The standard InChI is InChI=1S/C23H17NS/c1-15-11-22(16(2)25-15)19(14-24)13-23-20-9-5-3-7-17(20)12-18-8-4-6-10-21(18)23/h3-13H,1-2H3/b19-13+. The fourth-order valence-corrected chi connectivity index (χ4v) is 4.36. The van der Waals surface area contributed by atoms with Gasteiger partial charge in [0, 0.05) is 15.3 Å². The van der Waals surface area contributed by atoms with Crippen molar-refractivity contribution in [3.05, 3.63) is 81.5 Å². The molecule has 0 fully saturated rings. The van der Waals surface area contributed by atoms with Gasteiger partial charge in [0.25, 0.3) is 0 Å². The number of aryl methyl sites for hydroxylation is 2. The van der Waals surface area contributed by atoms with Gasteiger partial charge in [-0.15, -0.1) is 11.3 Å². The van der Waals surface area contributed by atoms with Gasteiger partial charge in [0.05, 0.1) is 11.6 Å². The van der Waals surface area contributed by atoms with Gasteiger partial charge in [-0.05, 0) is 59.2 Å². The molecular weight excluding hydrogens is 322 g/mol. The first kappa shape index (κ1) is 15.6. The zero-order chi connectivity index (χ0) is 17.4. The third-order valence-electron chi connectivity index (χ3n) is 4.55. The number of nitrogens with zero attached hydrogens (tertiary/aromatic N) is 1. The van der Waals surface area contributed by atoms with E-state index in [-0.39, 0.29) is 0 Å². The number of hydrogen-bond acceptors (Lipinski definition) is 2. The lowest BCUT2D eigenvalue weighted by Gasteiger charge is -2.09. The zero-order valence-electron chi connectivity index (χ0n) is 14.2. The Bertz CT molecular complexity index is 1120. The number of thiophene rings is 1. The Morgan fingerprint density at radius 1 is 0.920 bits per heavy atom. The van der Waals surface area contributed by atoms with Crippen molar-refractivity contribution in [2.45, 2.75) is 13.8 Å². The quantitative estimate of drug-likeness (QED) is 0.293. The minimum Gasteiger partial charge on any atom is -0.192 e. The van der Waals surface area contributed by atoms with Gasteiger partial charge in [0.15, 0.2) is 0 Å². The highest BCUT2D eigenvalue weighted by molar-refractivity contribution is 7.12. The second-order valence-corrected chi connectivity index (χ2v) is 7.69. The summed E-state index contributed by atoms with van der Waals surface area (Å²) < 4.78 is 0. The van der Waals surface area contributed by atoms with Crippen molar-refractivity contribution in [2.75, 3.05) is 0 Å². The average Bonchev–Trinajstić information content (AvgIpc) is 2.96. The van der Waals surface area contributed by atoms with E-state index in [4.69, 9.17) is 0 Å². The summed E-state index contributed by atoms with van der Waals surface area (Å²) in [7, 11) is 0. The van der Waals surface area contributed by atoms with Gasteiger partial charge < -0.3 is 0 Å². The van der Waals surface area contributed by atoms with E-state index >= 15 is 0 Å². The maximum Gasteiger partial charge on any atom is 0.0998 e. The summed E-state index contributed by atoms with van der Waals surface area (Å²) in [6.07, 6.45) is 2.05. The van der Waals surface area contributed by atoms with Crippen LogP contribution in [0.2, 0.25) is 0 Å². The monoisotopic (exact) mass is 339 g/mol. The molecule has 4 rings (SSSR count). The predicted molar refractivity (Wildman–Crippen MR) is 109 cm³/mol. The maximum atomic E-state index is 9.80. The lowest BCUT2D eigenvalue weighted by Crippen LogP contribution is -1.86. The Morgan fingerprint density at radius 2 is 1.52 bits per heavy atom. The van der Waals surface area contributed by atoms with E-state index in [0.29, 0.717) is 0 Å². The molecule has 0 aliphatic carbocycles. The van der Waals surface area contributed by atoms with Crippen molar-refractivity contribution in [2.24, 2.45) is 0 Å². The van der Waals surface area contributed by atoms with Gasteiger partial charge >= 0.3 is 0 Å². The Kier molecular flexibility index (Phi) is 3.87. The van der Waals surface area contributed by atoms with Crippen molar-refractivity contribution in [3.63, 3.8) is 0 Å². The summed E-state index contributed by atoms with van der Waals surface area (Å²) in [4.78, 5) is 2.42. The average molecular weight is 339 g/mol. The van der Waals surface area contributed by atoms with Crippen LogP contribution >= 0.6 is 11.3 Å². The molecule has 0 radical (unpaired) electrons. The van der Waals surface area contributed by atoms with Gasteiger partial charge in [-0.1, -0.05) is 48.5 Å². The Balaban J connectivity index is 2.07. The van der Waals surface area contributed by atoms with Crippen molar-refractivity contribution >= 4 is 44.5 Å². The molecular formula is C23H17NS. The van der Waals surface area contributed by atoms with Crippen molar-refractivity contribution < 1.29 is 0 Å². The van der Waals surface area contributed by atoms with Crippen LogP contribution < -0.4 is 0 Å². The van der Waals surface area contributed by atoms with Gasteiger partial charge in [0.1, 0.15) is 0 Å². The number of nitriles is 1. The van der Waals surface area contributed by atoms with E-state index < -0.39 is 0 Å². The Morgan fingerprint density at radius 3 is 2.04 bits per heavy atom. The maximum absolute atomic E-state index is 9.80. The van der Waals surface area contributed by atoms with Gasteiger partial charge in [-0.25, -0.2) is 0 Å². The number of rotatable bonds is 2. The summed E-state index contributed by atoms with van der Waals surface area (Å²) in [5, 5.41) is 14.6. The topological polar surface area (TPSA) is 23.8 Å². The lowest BCUT2D eigenvalue weighted by atomic mass is 9.94. The molecule has 3 aromatic carbocycles. The van der Waals surface area contributed by atoms with E-state index in [2.05, 4.69) is 86.7 Å². The molecule has 0 aliphatic rings. The van der Waals surface area contributed by atoms with Crippen molar-refractivity contribution in [1.29, 1.82) is 5.26 Å². The van der Waals surface area contributed by atoms with Crippen LogP contribution in [0.1, 0.15) is 20.9 Å². The largest absolute Gasteiger partial charge is 0.192 e. The Hall–Kier alpha value is -2.89. The first-order valence-electron chi connectivity index (χ1n) is 8.27. The highest BCUT2D eigenvalue weighted by atomic mass is 32.1. The summed E-state index contributed by atoms with van der Waals surface area (Å²) in [5.41, 5.74) is 2.89. The van der Waals surface area contributed by atoms with E-state index in [0.717, 1.165) is 16.7 Å². The van der Waals surface area contributed by atoms with Crippen LogP contribution in [0.15, 0.2) is 60.7 Å². The molecule has 1 nitrogen and oxygen atoms in total. The first-order valence-corrected chi connectivity index (χ1v) is 9.09. The van der Waals surface area contributed by atoms with Crippen molar-refractivity contribution in [1.82, 2.24) is 0 Å². The van der Waals surface area contributed by atoms with Crippen LogP contribution in [-0.2, 0) is 0 Å². The minimum absolute atomic E-state index is 0.725. The van der Waals surface area contributed by atoms with Gasteiger partial charge in [0.2, 0.25) is 0 Å². The molecule has 0 bridgehead atoms.